The number of carbonyl (C=O) groups excluding carboxylic acids is 3. The molecule has 6 rings (SSSR count). The third kappa shape index (κ3) is 10.3. The van der Waals surface area contributed by atoms with Gasteiger partial charge in [-0.25, -0.2) is 0 Å². The Balaban J connectivity index is 0.000000597. The van der Waals surface area contributed by atoms with Crippen molar-refractivity contribution in [2.75, 3.05) is 19.6 Å². The third-order valence-electron chi connectivity index (χ3n) is 11.7. The van der Waals surface area contributed by atoms with Gasteiger partial charge in [0.25, 0.3) is 11.8 Å². The van der Waals surface area contributed by atoms with Gasteiger partial charge in [0, 0.05) is 54.1 Å². The average molecular weight is 865 g/mol. The number of para-hydroxylation sites is 1. The Morgan fingerprint density at radius 2 is 1.75 bits per heavy atom. The molecule has 60 heavy (non-hydrogen) atoms. The SMILES string of the molecule is CCCC1C(C(=O)N2CCC(C#N)(c3ccccc3OC(N)CCC3(C(=O)N=O)CCC3)CC2)CCCN1C(=O)c1ncccc1C(F)(F)F.Oc1csc(C(F)(F)F)c1. The Bertz CT molecular complexity index is 2040. The van der Waals surface area contributed by atoms with E-state index in [9.17, 15) is 50.9 Å². The minimum absolute atomic E-state index is 0.180. The molecule has 0 radical (unpaired) electrons. The van der Waals surface area contributed by atoms with Crippen molar-refractivity contribution in [1.82, 2.24) is 14.8 Å². The molecule has 2 aliphatic heterocycles. The molecule has 3 aliphatic rings. The first kappa shape index (κ1) is 46.0. The lowest BCUT2D eigenvalue weighted by molar-refractivity contribution is -0.141. The van der Waals surface area contributed by atoms with Crippen LogP contribution in [0.15, 0.2) is 59.2 Å². The van der Waals surface area contributed by atoms with Crippen molar-refractivity contribution in [2.24, 2.45) is 22.2 Å². The maximum atomic E-state index is 14.1. The van der Waals surface area contributed by atoms with Crippen LogP contribution in [0.3, 0.4) is 0 Å². The number of pyridine rings is 1. The van der Waals surface area contributed by atoms with Crippen molar-refractivity contribution in [3.8, 4) is 17.6 Å². The molecule has 1 aliphatic carbocycles. The van der Waals surface area contributed by atoms with Crippen molar-refractivity contribution in [3.05, 3.63) is 80.6 Å². The quantitative estimate of drug-likeness (QED) is 0.108. The largest absolute Gasteiger partial charge is 0.507 e. The Labute approximate surface area is 346 Å². The standard InChI is InChI=1S/C36H43F3N6O5.C5H3F3OS/c1-2-8-27-24(9-6-20-45(27)32(47)30-26(36(37,38)39)11-5-19-42-30)31(46)44-21-17-35(23-40,18-22-44)25-10-3-4-12-28(25)50-29(41)13-16-34(14-7-15-34)33(48)43-49;6-5(7,8)4-1-3(9)2-10-4/h3-5,10-12,19,24,27,29H,2,6-9,13-18,20-22,41H2,1H3;1-2,9H. The van der Waals surface area contributed by atoms with E-state index in [1.54, 1.807) is 23.1 Å². The lowest BCUT2D eigenvalue weighted by atomic mass is 9.65. The second-order valence-corrected chi connectivity index (χ2v) is 16.3. The number of nitrogens with two attached hydrogens (primary N) is 1. The van der Waals surface area contributed by atoms with Crippen LogP contribution in [0.5, 0.6) is 11.5 Å². The minimum Gasteiger partial charge on any atom is -0.507 e. The van der Waals surface area contributed by atoms with Crippen molar-refractivity contribution in [1.29, 1.82) is 5.26 Å². The summed E-state index contributed by atoms with van der Waals surface area (Å²) in [5.41, 5.74) is 3.44. The number of likely N-dealkylation sites (tertiary alicyclic amines) is 2. The molecule has 1 aromatic carbocycles. The molecule has 3 fully saturated rings. The van der Waals surface area contributed by atoms with E-state index in [2.05, 4.69) is 16.2 Å². The summed E-state index contributed by atoms with van der Waals surface area (Å²) >= 11 is 0.481. The monoisotopic (exact) mass is 864 g/mol. The normalized spacial score (nSPS) is 20.4. The summed E-state index contributed by atoms with van der Waals surface area (Å²) in [4.78, 5) is 56.9. The predicted molar refractivity (Wildman–Crippen MR) is 207 cm³/mol. The number of halogens is 6. The van der Waals surface area contributed by atoms with Crippen LogP contribution in [0.25, 0.3) is 0 Å². The first-order chi connectivity index (χ1) is 28.4. The van der Waals surface area contributed by atoms with Crippen molar-refractivity contribution < 1.29 is 50.6 Å². The Morgan fingerprint density at radius 3 is 2.30 bits per heavy atom. The lowest BCUT2D eigenvalue weighted by Crippen LogP contribution is -2.55. The van der Waals surface area contributed by atoms with Gasteiger partial charge in [0.05, 0.1) is 28.4 Å². The third-order valence-corrected chi connectivity index (χ3v) is 12.7. The van der Waals surface area contributed by atoms with Gasteiger partial charge in [0.2, 0.25) is 5.91 Å². The van der Waals surface area contributed by atoms with Gasteiger partial charge >= 0.3 is 12.4 Å². The average Bonchev–Trinajstić information content (AvgIpc) is 3.67. The highest BCUT2D eigenvalue weighted by molar-refractivity contribution is 7.10. The van der Waals surface area contributed by atoms with Crippen LogP contribution >= 0.6 is 11.3 Å². The second-order valence-electron chi connectivity index (χ2n) is 15.4. The number of nitriles is 1. The number of alkyl halides is 6. The molecule has 4 heterocycles. The molecule has 3 amide bonds. The molecule has 19 heteroatoms. The molecular weight excluding hydrogens is 819 g/mol. The van der Waals surface area contributed by atoms with Gasteiger partial charge in [-0.3, -0.25) is 25.1 Å². The minimum atomic E-state index is -4.76. The number of thiophene rings is 1. The molecule has 0 bridgehead atoms. The molecule has 1 saturated carbocycles. The fourth-order valence-electron chi connectivity index (χ4n) is 8.33. The van der Waals surface area contributed by atoms with Gasteiger partial charge in [-0.05, 0) is 76.0 Å². The highest BCUT2D eigenvalue weighted by Crippen LogP contribution is 2.47. The van der Waals surface area contributed by atoms with Gasteiger partial charge in [-0.2, -0.15) is 31.6 Å². The van der Waals surface area contributed by atoms with E-state index < -0.39 is 69.3 Å². The zero-order chi connectivity index (χ0) is 43.9. The van der Waals surface area contributed by atoms with E-state index in [1.165, 1.54) is 4.90 Å². The fraction of sp³-hybridized carbons (Fsp3) is 0.537. The number of carbonyl (C=O) groups is 3. The number of rotatable bonds is 11. The number of hydrogen-bond acceptors (Lipinski definition) is 10. The molecule has 12 nitrogen and oxygen atoms in total. The van der Waals surface area contributed by atoms with Gasteiger partial charge in [0.1, 0.15) is 28.3 Å². The summed E-state index contributed by atoms with van der Waals surface area (Å²) in [5.74, 6) is -2.17. The Hall–Kier alpha value is -5.09. The van der Waals surface area contributed by atoms with E-state index in [-0.39, 0.29) is 31.3 Å². The fourth-order valence-corrected chi connectivity index (χ4v) is 8.96. The second kappa shape index (κ2) is 19.1. The smallest absolute Gasteiger partial charge is 0.425 e. The van der Waals surface area contributed by atoms with Crippen LogP contribution in [-0.4, -0.2) is 69.5 Å². The Kier molecular flexibility index (Phi) is 14.6. The first-order valence-corrected chi connectivity index (χ1v) is 20.5. The first-order valence-electron chi connectivity index (χ1n) is 19.7. The molecular formula is C41H46F6N6O6S. The van der Waals surface area contributed by atoms with Crippen LogP contribution in [0.2, 0.25) is 0 Å². The predicted octanol–water partition coefficient (Wildman–Crippen LogP) is 8.58. The zero-order valence-corrected chi connectivity index (χ0v) is 33.6. The molecule has 324 valence electrons. The number of nitrogens with zero attached hydrogens (tertiary/aromatic N) is 5. The van der Waals surface area contributed by atoms with Crippen LogP contribution < -0.4 is 10.5 Å². The molecule has 3 atom stereocenters. The van der Waals surface area contributed by atoms with E-state index in [0.29, 0.717) is 92.9 Å². The summed E-state index contributed by atoms with van der Waals surface area (Å²) in [6.45, 7) is 2.65. The molecule has 0 spiro atoms. The van der Waals surface area contributed by atoms with Crippen molar-refractivity contribution in [3.63, 3.8) is 0 Å². The van der Waals surface area contributed by atoms with Gasteiger partial charge in [-0.15, -0.1) is 16.2 Å². The zero-order valence-electron chi connectivity index (χ0n) is 32.8. The number of hydrogen-bond donors (Lipinski definition) is 2. The van der Waals surface area contributed by atoms with E-state index in [0.717, 1.165) is 30.1 Å². The highest BCUT2D eigenvalue weighted by Gasteiger charge is 2.47. The number of ether oxygens (including phenoxy) is 1. The van der Waals surface area contributed by atoms with Crippen molar-refractivity contribution in [2.45, 2.75) is 108 Å². The molecule has 3 N–H and O–H groups in total. The maximum Gasteiger partial charge on any atom is 0.425 e. The highest BCUT2D eigenvalue weighted by atomic mass is 32.1. The molecule has 3 aromatic rings. The number of nitroso groups, excluding NO2 is 1. The van der Waals surface area contributed by atoms with Crippen LogP contribution in [0, 0.1) is 27.6 Å². The van der Waals surface area contributed by atoms with Crippen molar-refractivity contribution >= 4 is 29.1 Å². The maximum absolute atomic E-state index is 14.1. The summed E-state index contributed by atoms with van der Waals surface area (Å²) in [6.07, 6.45) is -3.38. The number of benzene rings is 1. The number of aromatic nitrogens is 1. The Morgan fingerprint density at radius 1 is 1.05 bits per heavy atom. The summed E-state index contributed by atoms with van der Waals surface area (Å²) < 4.78 is 82.5. The topological polar surface area (TPSA) is 179 Å². The van der Waals surface area contributed by atoms with Crippen LogP contribution in [0.4, 0.5) is 26.3 Å². The summed E-state index contributed by atoms with van der Waals surface area (Å²) in [7, 11) is 0. The molecule has 3 unspecified atom stereocenters. The van der Waals surface area contributed by atoms with Gasteiger partial charge in [0.15, 0.2) is 0 Å². The number of piperidine rings is 2. The van der Waals surface area contributed by atoms with E-state index >= 15 is 0 Å². The number of aromatic hydroxyl groups is 1. The van der Waals surface area contributed by atoms with Crippen LogP contribution in [0.1, 0.15) is 104 Å². The van der Waals surface area contributed by atoms with Gasteiger partial charge < -0.3 is 19.6 Å². The lowest BCUT2D eigenvalue weighted by Gasteiger charge is -2.44. The van der Waals surface area contributed by atoms with Gasteiger partial charge in [-0.1, -0.05) is 38.0 Å². The van der Waals surface area contributed by atoms with E-state index in [1.807, 2.05) is 13.0 Å². The summed E-state index contributed by atoms with van der Waals surface area (Å²) in [5, 5.41) is 22.7. The van der Waals surface area contributed by atoms with E-state index in [4.69, 9.17) is 15.6 Å². The summed E-state index contributed by atoms with van der Waals surface area (Å²) in [6, 6.07) is 11.7. The number of amides is 3. The van der Waals surface area contributed by atoms with Crippen LogP contribution in [-0.2, 0) is 27.4 Å². The molecule has 2 saturated heterocycles. The molecule has 2 aromatic heterocycles.